The lowest BCUT2D eigenvalue weighted by Crippen LogP contribution is -2.21. The van der Waals surface area contributed by atoms with Crippen molar-refractivity contribution in [1.29, 1.82) is 5.26 Å². The Morgan fingerprint density at radius 1 is 1.44 bits per heavy atom. The van der Waals surface area contributed by atoms with Gasteiger partial charge in [-0.2, -0.15) is 5.26 Å². The summed E-state index contributed by atoms with van der Waals surface area (Å²) >= 11 is 0. The number of fused-ring (bicyclic) bond motifs is 1. The van der Waals surface area contributed by atoms with Gasteiger partial charge in [0.15, 0.2) is 0 Å². The average Bonchev–Trinajstić information content (AvgIpc) is 3.05. The minimum Gasteiger partial charge on any atom is -0.456 e. The van der Waals surface area contributed by atoms with E-state index in [1.54, 1.807) is 6.07 Å². The second kappa shape index (κ2) is 4.32. The number of furan rings is 1. The number of rotatable bonds is 2. The predicted octanol–water partition coefficient (Wildman–Crippen LogP) is 3.07. The molecule has 0 saturated carbocycles. The highest BCUT2D eigenvalue weighted by atomic mass is 16.3. The van der Waals surface area contributed by atoms with Crippen LogP contribution >= 0.6 is 0 Å². The van der Waals surface area contributed by atoms with Crippen LogP contribution in [0, 0.1) is 11.3 Å². The number of nitrogens with zero attached hydrogens (tertiary/aromatic N) is 1. The van der Waals surface area contributed by atoms with Crippen LogP contribution in [0.5, 0.6) is 0 Å². The number of nitrogens with one attached hydrogen (secondary N) is 1. The van der Waals surface area contributed by atoms with Crippen LogP contribution in [0.4, 0.5) is 0 Å². The van der Waals surface area contributed by atoms with Crippen LogP contribution in [0.3, 0.4) is 0 Å². The fourth-order valence-electron chi connectivity index (χ4n) is 2.42. The Hall–Kier alpha value is -2.05. The van der Waals surface area contributed by atoms with E-state index in [9.17, 15) is 0 Å². The molecule has 1 aliphatic heterocycles. The maximum atomic E-state index is 8.88. The topological polar surface area (TPSA) is 49.0 Å². The second-order valence-corrected chi connectivity index (χ2v) is 4.65. The maximum absolute atomic E-state index is 8.88. The quantitative estimate of drug-likeness (QED) is 0.874. The molecule has 1 atom stereocenters. The van der Waals surface area contributed by atoms with Crippen molar-refractivity contribution in [3.8, 4) is 6.07 Å². The third-order valence-corrected chi connectivity index (χ3v) is 3.44. The molecule has 1 aromatic carbocycles. The van der Waals surface area contributed by atoms with Crippen molar-refractivity contribution in [2.75, 3.05) is 6.54 Å². The molecule has 0 aliphatic carbocycles. The van der Waals surface area contributed by atoms with E-state index in [1.165, 1.54) is 6.42 Å². The zero-order valence-electron chi connectivity index (χ0n) is 10.1. The summed E-state index contributed by atoms with van der Waals surface area (Å²) < 4.78 is 5.79. The normalized spacial score (nSPS) is 18.9. The molecular weight excluding hydrogens is 224 g/mol. The Bertz CT molecular complexity index is 642. The summed E-state index contributed by atoms with van der Waals surface area (Å²) in [6.07, 6.45) is 2.29. The first-order valence-electron chi connectivity index (χ1n) is 6.14. The molecule has 0 amide bonds. The van der Waals surface area contributed by atoms with E-state index < -0.39 is 0 Å². The van der Waals surface area contributed by atoms with Gasteiger partial charge in [-0.05, 0) is 43.7 Å². The Balaban J connectivity index is 1.98. The minimum atomic E-state index is 0.320. The molecule has 1 fully saturated rings. The number of hydrogen-bond donors (Lipinski definition) is 1. The van der Waals surface area contributed by atoms with E-state index in [1.807, 2.05) is 18.2 Å². The minimum absolute atomic E-state index is 0.320. The van der Waals surface area contributed by atoms with E-state index in [0.29, 0.717) is 11.6 Å². The molecule has 0 bridgehead atoms. The molecular formula is C15H14N2O. The molecule has 1 saturated heterocycles. The highest BCUT2D eigenvalue weighted by molar-refractivity contribution is 5.83. The van der Waals surface area contributed by atoms with Crippen molar-refractivity contribution in [2.24, 2.45) is 0 Å². The fraction of sp³-hybridized carbons (Fsp3) is 0.267. The Labute approximate surface area is 106 Å². The van der Waals surface area contributed by atoms with Crippen molar-refractivity contribution in [3.63, 3.8) is 0 Å². The van der Waals surface area contributed by atoms with Crippen LogP contribution in [0.1, 0.15) is 24.2 Å². The van der Waals surface area contributed by atoms with Crippen molar-refractivity contribution in [3.05, 3.63) is 42.2 Å². The highest BCUT2D eigenvalue weighted by Gasteiger charge is 2.20. The SMILES string of the molecule is C=C(c1cc2cc(C#N)ccc2o1)[C@@H]1CCCN1. The summed E-state index contributed by atoms with van der Waals surface area (Å²) in [7, 11) is 0. The zero-order valence-corrected chi connectivity index (χ0v) is 10.1. The van der Waals surface area contributed by atoms with Crippen molar-refractivity contribution < 1.29 is 4.42 Å². The molecule has 3 nitrogen and oxygen atoms in total. The fourth-order valence-corrected chi connectivity index (χ4v) is 2.42. The van der Waals surface area contributed by atoms with E-state index in [0.717, 1.165) is 35.3 Å². The van der Waals surface area contributed by atoms with Gasteiger partial charge in [-0.25, -0.2) is 0 Å². The van der Waals surface area contributed by atoms with E-state index >= 15 is 0 Å². The van der Waals surface area contributed by atoms with Gasteiger partial charge in [0.1, 0.15) is 11.3 Å². The molecule has 1 N–H and O–H groups in total. The molecule has 0 radical (unpaired) electrons. The summed E-state index contributed by atoms with van der Waals surface area (Å²) in [6, 6.07) is 9.88. The van der Waals surface area contributed by atoms with Gasteiger partial charge in [0, 0.05) is 17.0 Å². The monoisotopic (exact) mass is 238 g/mol. The standard InChI is InChI=1S/C15H14N2O/c1-10(13-3-2-6-17-13)15-8-12-7-11(9-16)4-5-14(12)18-15/h4-5,7-8,13,17H,1-3,6H2/t13-/m0/s1. The van der Waals surface area contributed by atoms with Crippen LogP contribution in [-0.2, 0) is 0 Å². The van der Waals surface area contributed by atoms with Crippen molar-refractivity contribution in [2.45, 2.75) is 18.9 Å². The summed E-state index contributed by atoms with van der Waals surface area (Å²) in [4.78, 5) is 0. The zero-order chi connectivity index (χ0) is 12.5. The maximum Gasteiger partial charge on any atom is 0.134 e. The number of hydrogen-bond acceptors (Lipinski definition) is 3. The van der Waals surface area contributed by atoms with Gasteiger partial charge >= 0.3 is 0 Å². The van der Waals surface area contributed by atoms with Gasteiger partial charge in [0.2, 0.25) is 0 Å². The van der Waals surface area contributed by atoms with Gasteiger partial charge in [-0.3, -0.25) is 0 Å². The molecule has 3 rings (SSSR count). The largest absolute Gasteiger partial charge is 0.456 e. The average molecular weight is 238 g/mol. The lowest BCUT2D eigenvalue weighted by molar-refractivity contribution is 0.586. The summed E-state index contributed by atoms with van der Waals surface area (Å²) in [6.45, 7) is 5.17. The third-order valence-electron chi connectivity index (χ3n) is 3.44. The highest BCUT2D eigenvalue weighted by Crippen LogP contribution is 2.28. The Kier molecular flexibility index (Phi) is 2.66. The van der Waals surface area contributed by atoms with Crippen LogP contribution < -0.4 is 5.32 Å². The lowest BCUT2D eigenvalue weighted by Gasteiger charge is -2.10. The van der Waals surface area contributed by atoms with Gasteiger partial charge in [0.05, 0.1) is 11.6 Å². The van der Waals surface area contributed by atoms with E-state index in [2.05, 4.69) is 18.0 Å². The smallest absolute Gasteiger partial charge is 0.134 e. The molecule has 2 heterocycles. The number of nitriles is 1. The predicted molar refractivity (Wildman–Crippen MR) is 71.0 cm³/mol. The summed E-state index contributed by atoms with van der Waals surface area (Å²) in [5.41, 5.74) is 2.46. The van der Waals surface area contributed by atoms with E-state index in [4.69, 9.17) is 9.68 Å². The number of benzene rings is 1. The van der Waals surface area contributed by atoms with Crippen LogP contribution in [0.25, 0.3) is 16.5 Å². The molecule has 2 aromatic rings. The molecule has 90 valence electrons. The molecule has 1 aliphatic rings. The first kappa shape index (κ1) is 11.1. The van der Waals surface area contributed by atoms with E-state index in [-0.39, 0.29) is 0 Å². The van der Waals surface area contributed by atoms with Crippen LogP contribution in [0.15, 0.2) is 35.3 Å². The lowest BCUT2D eigenvalue weighted by atomic mass is 10.0. The van der Waals surface area contributed by atoms with Crippen LogP contribution in [-0.4, -0.2) is 12.6 Å². The van der Waals surface area contributed by atoms with Gasteiger partial charge in [-0.15, -0.1) is 0 Å². The van der Waals surface area contributed by atoms with Gasteiger partial charge < -0.3 is 9.73 Å². The molecule has 0 unspecified atom stereocenters. The molecule has 1 aromatic heterocycles. The van der Waals surface area contributed by atoms with Gasteiger partial charge in [-0.1, -0.05) is 6.58 Å². The second-order valence-electron chi connectivity index (χ2n) is 4.65. The molecule has 0 spiro atoms. The molecule has 18 heavy (non-hydrogen) atoms. The Morgan fingerprint density at radius 2 is 2.33 bits per heavy atom. The summed E-state index contributed by atoms with van der Waals surface area (Å²) in [5, 5.41) is 13.2. The van der Waals surface area contributed by atoms with Gasteiger partial charge in [0.25, 0.3) is 0 Å². The summed E-state index contributed by atoms with van der Waals surface area (Å²) in [5.74, 6) is 0.819. The third kappa shape index (κ3) is 1.81. The molecule has 3 heteroatoms. The Morgan fingerprint density at radius 3 is 3.06 bits per heavy atom. The van der Waals surface area contributed by atoms with Crippen LogP contribution in [0.2, 0.25) is 0 Å². The van der Waals surface area contributed by atoms with Crippen molar-refractivity contribution >= 4 is 16.5 Å². The first-order chi connectivity index (χ1) is 8.78. The first-order valence-corrected chi connectivity index (χ1v) is 6.14. The van der Waals surface area contributed by atoms with Crippen molar-refractivity contribution in [1.82, 2.24) is 5.32 Å².